The molecule has 7 heteroatoms. The quantitative estimate of drug-likeness (QED) is 0.840. The molecule has 2 aromatic rings. The molecule has 0 bridgehead atoms. The van der Waals surface area contributed by atoms with Gasteiger partial charge in [0.1, 0.15) is 10.8 Å². The van der Waals surface area contributed by atoms with Crippen LogP contribution in [0.5, 0.6) is 5.19 Å². The van der Waals surface area contributed by atoms with Crippen LogP contribution in [0.25, 0.3) is 0 Å². The highest BCUT2D eigenvalue weighted by Crippen LogP contribution is 2.22. The number of hydrogen-bond acceptors (Lipinski definition) is 7. The Morgan fingerprint density at radius 1 is 1.33 bits per heavy atom. The van der Waals surface area contributed by atoms with Gasteiger partial charge in [0.05, 0.1) is 18.8 Å². The van der Waals surface area contributed by atoms with E-state index in [-0.39, 0.29) is 0 Å². The van der Waals surface area contributed by atoms with Crippen molar-refractivity contribution >= 4 is 11.3 Å². The summed E-state index contributed by atoms with van der Waals surface area (Å²) in [7, 11) is 0. The molecule has 2 aromatic heterocycles. The van der Waals surface area contributed by atoms with E-state index in [1.54, 1.807) is 0 Å². The summed E-state index contributed by atoms with van der Waals surface area (Å²) in [6.07, 6.45) is 3.86. The Balaban J connectivity index is 1.67. The molecule has 1 aliphatic heterocycles. The lowest BCUT2D eigenvalue weighted by atomic mass is 10.1. The van der Waals surface area contributed by atoms with Crippen molar-refractivity contribution in [3.63, 3.8) is 0 Å². The Bertz CT molecular complexity index is 615. The maximum absolute atomic E-state index is 5.37. The molecule has 0 aliphatic carbocycles. The van der Waals surface area contributed by atoms with Gasteiger partial charge in [-0.1, -0.05) is 18.3 Å². The van der Waals surface area contributed by atoms with E-state index in [1.807, 2.05) is 13.1 Å². The molecule has 0 atom stereocenters. The molecule has 0 amide bonds. The Hall–Kier alpha value is -1.60. The minimum Gasteiger partial charge on any atom is -0.469 e. The second-order valence-corrected chi connectivity index (χ2v) is 5.99. The number of rotatable bonds is 5. The normalized spacial score (nSPS) is 15.0. The first-order valence-electron chi connectivity index (χ1n) is 7.29. The van der Waals surface area contributed by atoms with Crippen LogP contribution in [0.15, 0.2) is 6.20 Å². The van der Waals surface area contributed by atoms with Gasteiger partial charge in [0, 0.05) is 25.7 Å². The summed E-state index contributed by atoms with van der Waals surface area (Å²) in [4.78, 5) is 11.4. The Morgan fingerprint density at radius 3 is 3.05 bits per heavy atom. The predicted octanol–water partition coefficient (Wildman–Crippen LogP) is 1.85. The largest absolute Gasteiger partial charge is 0.469 e. The molecule has 3 heterocycles. The molecule has 0 spiro atoms. The summed E-state index contributed by atoms with van der Waals surface area (Å²) in [6.45, 7) is 7.32. The van der Waals surface area contributed by atoms with Gasteiger partial charge in [-0.15, -0.1) is 10.2 Å². The summed E-state index contributed by atoms with van der Waals surface area (Å²) in [5.74, 6) is 0.921. The fourth-order valence-corrected chi connectivity index (χ4v) is 3.17. The average Bonchev–Trinajstić information content (AvgIpc) is 2.94. The van der Waals surface area contributed by atoms with Gasteiger partial charge in [0.15, 0.2) is 0 Å². The summed E-state index contributed by atoms with van der Waals surface area (Å²) >= 11 is 1.52. The predicted molar refractivity (Wildman–Crippen MR) is 80.3 cm³/mol. The number of fused-ring (bicyclic) bond motifs is 1. The van der Waals surface area contributed by atoms with Gasteiger partial charge < -0.3 is 4.74 Å². The van der Waals surface area contributed by atoms with Crippen LogP contribution in [0.1, 0.15) is 35.9 Å². The van der Waals surface area contributed by atoms with Gasteiger partial charge in [-0.2, -0.15) is 0 Å². The van der Waals surface area contributed by atoms with Crippen molar-refractivity contribution < 1.29 is 4.74 Å². The van der Waals surface area contributed by atoms with Gasteiger partial charge in [0.25, 0.3) is 5.19 Å². The molecule has 6 nitrogen and oxygen atoms in total. The summed E-state index contributed by atoms with van der Waals surface area (Å²) in [5, 5.41) is 9.87. The van der Waals surface area contributed by atoms with Crippen LogP contribution in [0.3, 0.4) is 0 Å². The van der Waals surface area contributed by atoms with Crippen molar-refractivity contribution in [1.29, 1.82) is 0 Å². The second-order valence-electron chi connectivity index (χ2n) is 4.97. The number of aryl methyl sites for hydroxylation is 1. The van der Waals surface area contributed by atoms with E-state index in [0.717, 1.165) is 49.0 Å². The zero-order chi connectivity index (χ0) is 14.7. The lowest BCUT2D eigenvalue weighted by Gasteiger charge is -2.26. The molecule has 0 saturated heterocycles. The van der Waals surface area contributed by atoms with Gasteiger partial charge in [-0.3, -0.25) is 4.90 Å². The van der Waals surface area contributed by atoms with Crippen molar-refractivity contribution in [2.75, 3.05) is 13.2 Å². The number of ether oxygens (including phenoxy) is 1. The zero-order valence-corrected chi connectivity index (χ0v) is 13.2. The molecule has 0 aromatic carbocycles. The SMILES string of the molecule is CCOc1nnc(CN2CCc3cnc(CC)nc3C2)s1. The van der Waals surface area contributed by atoms with Gasteiger partial charge >= 0.3 is 0 Å². The van der Waals surface area contributed by atoms with Gasteiger partial charge in [-0.05, 0) is 18.9 Å². The summed E-state index contributed by atoms with van der Waals surface area (Å²) in [5.41, 5.74) is 2.43. The van der Waals surface area contributed by atoms with E-state index in [9.17, 15) is 0 Å². The maximum Gasteiger partial charge on any atom is 0.294 e. The first-order chi connectivity index (χ1) is 10.3. The molecule has 0 N–H and O–H groups in total. The molecule has 0 unspecified atom stereocenters. The van der Waals surface area contributed by atoms with Crippen LogP contribution in [-0.2, 0) is 25.9 Å². The molecular weight excluding hydrogens is 286 g/mol. The van der Waals surface area contributed by atoms with Gasteiger partial charge in [-0.25, -0.2) is 9.97 Å². The van der Waals surface area contributed by atoms with Gasteiger partial charge in [0.2, 0.25) is 0 Å². The van der Waals surface area contributed by atoms with Crippen molar-refractivity contribution in [1.82, 2.24) is 25.1 Å². The van der Waals surface area contributed by atoms with E-state index in [1.165, 1.54) is 16.9 Å². The third kappa shape index (κ3) is 3.36. The first-order valence-corrected chi connectivity index (χ1v) is 8.11. The highest BCUT2D eigenvalue weighted by atomic mass is 32.1. The molecule has 21 heavy (non-hydrogen) atoms. The van der Waals surface area contributed by atoms with E-state index in [4.69, 9.17) is 4.74 Å². The third-order valence-corrected chi connectivity index (χ3v) is 4.29. The molecule has 112 valence electrons. The van der Waals surface area contributed by atoms with E-state index >= 15 is 0 Å². The van der Waals surface area contributed by atoms with E-state index < -0.39 is 0 Å². The lowest BCUT2D eigenvalue weighted by Crippen LogP contribution is -2.31. The first kappa shape index (κ1) is 14.3. The third-order valence-electron chi connectivity index (χ3n) is 3.47. The smallest absolute Gasteiger partial charge is 0.294 e. The summed E-state index contributed by atoms with van der Waals surface area (Å²) < 4.78 is 5.37. The van der Waals surface area contributed by atoms with Crippen LogP contribution in [0.2, 0.25) is 0 Å². The van der Waals surface area contributed by atoms with E-state index in [2.05, 4.69) is 32.0 Å². The monoisotopic (exact) mass is 305 g/mol. The lowest BCUT2D eigenvalue weighted by molar-refractivity contribution is 0.240. The molecular formula is C14H19N5OS. The molecule has 0 radical (unpaired) electrons. The molecule has 1 aliphatic rings. The zero-order valence-electron chi connectivity index (χ0n) is 12.4. The Labute approximate surface area is 128 Å². The minimum absolute atomic E-state index is 0.627. The number of aromatic nitrogens is 4. The van der Waals surface area contributed by atoms with Crippen LogP contribution in [0.4, 0.5) is 0 Å². The summed E-state index contributed by atoms with van der Waals surface area (Å²) in [6, 6.07) is 0. The van der Waals surface area contributed by atoms with Crippen LogP contribution in [-0.4, -0.2) is 38.2 Å². The van der Waals surface area contributed by atoms with Crippen molar-refractivity contribution in [2.45, 2.75) is 39.8 Å². The molecule has 0 fully saturated rings. The van der Waals surface area contributed by atoms with E-state index in [0.29, 0.717) is 11.8 Å². The fraction of sp³-hybridized carbons (Fsp3) is 0.571. The second kappa shape index (κ2) is 6.44. The van der Waals surface area contributed by atoms with Crippen molar-refractivity contribution in [2.24, 2.45) is 0 Å². The maximum atomic E-state index is 5.37. The van der Waals surface area contributed by atoms with Crippen molar-refractivity contribution in [3.8, 4) is 5.19 Å². The number of hydrogen-bond donors (Lipinski definition) is 0. The fourth-order valence-electron chi connectivity index (χ4n) is 2.38. The highest BCUT2D eigenvalue weighted by Gasteiger charge is 2.19. The number of nitrogens with zero attached hydrogens (tertiary/aromatic N) is 5. The standard InChI is InChI=1S/C14H19N5OS/c1-3-12-15-7-10-5-6-19(8-11(10)16-12)9-13-17-18-14(21-13)20-4-2/h7H,3-6,8-9H2,1-2H3. The Kier molecular flexibility index (Phi) is 4.40. The van der Waals surface area contributed by atoms with Crippen LogP contribution >= 0.6 is 11.3 Å². The minimum atomic E-state index is 0.627. The molecule has 0 saturated carbocycles. The topological polar surface area (TPSA) is 64.0 Å². The Morgan fingerprint density at radius 2 is 2.24 bits per heavy atom. The molecule has 3 rings (SSSR count). The van der Waals surface area contributed by atoms with Crippen molar-refractivity contribution in [3.05, 3.63) is 28.3 Å². The highest BCUT2D eigenvalue weighted by molar-refractivity contribution is 7.13. The van der Waals surface area contributed by atoms with Crippen LogP contribution in [0, 0.1) is 0 Å². The average molecular weight is 305 g/mol. The van der Waals surface area contributed by atoms with Crippen LogP contribution < -0.4 is 4.74 Å².